The summed E-state index contributed by atoms with van der Waals surface area (Å²) in [6, 6.07) is 6.75. The Labute approximate surface area is 96.7 Å². The fourth-order valence-electron chi connectivity index (χ4n) is 1.67. The predicted molar refractivity (Wildman–Crippen MR) is 63.7 cm³/mol. The zero-order valence-corrected chi connectivity index (χ0v) is 10.2. The maximum atomic E-state index is 13.5. The monoisotopic (exact) mass is 225 g/mol. The van der Waals surface area contributed by atoms with Crippen LogP contribution in [-0.2, 0) is 0 Å². The van der Waals surface area contributed by atoms with Crippen LogP contribution in [0, 0.1) is 5.82 Å². The van der Waals surface area contributed by atoms with E-state index in [1.165, 1.54) is 6.07 Å². The number of hydrogen-bond acceptors (Lipinski definition) is 2. The molecule has 0 aliphatic heterocycles. The van der Waals surface area contributed by atoms with Crippen LogP contribution in [0.25, 0.3) is 0 Å². The molecule has 3 heteroatoms. The van der Waals surface area contributed by atoms with Crippen molar-refractivity contribution in [3.63, 3.8) is 0 Å². The van der Waals surface area contributed by atoms with E-state index in [4.69, 9.17) is 0 Å². The van der Waals surface area contributed by atoms with Crippen LogP contribution in [0.4, 0.5) is 4.39 Å². The predicted octanol–water partition coefficient (Wildman–Crippen LogP) is 2.59. The summed E-state index contributed by atoms with van der Waals surface area (Å²) in [5, 5.41) is 9.56. The number of halogens is 1. The Balaban J connectivity index is 2.70. The lowest BCUT2D eigenvalue weighted by molar-refractivity contribution is 0.104. The minimum absolute atomic E-state index is 0.0256. The summed E-state index contributed by atoms with van der Waals surface area (Å²) >= 11 is 0. The summed E-state index contributed by atoms with van der Waals surface area (Å²) in [5.41, 5.74) is 0.674. The Morgan fingerprint density at radius 3 is 2.56 bits per heavy atom. The summed E-state index contributed by atoms with van der Waals surface area (Å²) in [6.45, 7) is 4.44. The SMILES string of the molecule is CCC(O)CN(C)C(C)c1ccccc1F. The number of nitrogens with zero attached hydrogens (tertiary/aromatic N) is 1. The number of aliphatic hydroxyl groups excluding tert-OH is 1. The van der Waals surface area contributed by atoms with Gasteiger partial charge in [-0.1, -0.05) is 25.1 Å². The zero-order chi connectivity index (χ0) is 12.1. The first-order valence-corrected chi connectivity index (χ1v) is 5.69. The van der Waals surface area contributed by atoms with E-state index in [9.17, 15) is 9.50 Å². The van der Waals surface area contributed by atoms with Gasteiger partial charge >= 0.3 is 0 Å². The summed E-state index contributed by atoms with van der Waals surface area (Å²) in [7, 11) is 1.90. The van der Waals surface area contributed by atoms with Gasteiger partial charge in [0.15, 0.2) is 0 Å². The van der Waals surface area contributed by atoms with E-state index >= 15 is 0 Å². The van der Waals surface area contributed by atoms with Crippen LogP contribution in [0.3, 0.4) is 0 Å². The minimum Gasteiger partial charge on any atom is -0.392 e. The van der Waals surface area contributed by atoms with Gasteiger partial charge in [0.05, 0.1) is 6.10 Å². The fraction of sp³-hybridized carbons (Fsp3) is 0.538. The van der Waals surface area contributed by atoms with Gasteiger partial charge in [0.2, 0.25) is 0 Å². The van der Waals surface area contributed by atoms with Crippen molar-refractivity contribution in [2.24, 2.45) is 0 Å². The molecule has 1 aromatic rings. The standard InChI is InChI=1S/C13H20FNO/c1-4-11(16)9-15(3)10(2)12-7-5-6-8-13(12)14/h5-8,10-11,16H,4,9H2,1-3H3. The molecule has 0 radical (unpaired) electrons. The molecule has 1 N–H and O–H groups in total. The third-order valence-corrected chi connectivity index (χ3v) is 2.99. The molecule has 2 nitrogen and oxygen atoms in total. The van der Waals surface area contributed by atoms with E-state index in [0.29, 0.717) is 18.5 Å². The highest BCUT2D eigenvalue weighted by Crippen LogP contribution is 2.21. The summed E-state index contributed by atoms with van der Waals surface area (Å²) in [6.07, 6.45) is 0.369. The van der Waals surface area contributed by atoms with Gasteiger partial charge in [0.1, 0.15) is 5.82 Å². The second-order valence-electron chi connectivity index (χ2n) is 4.20. The van der Waals surface area contributed by atoms with E-state index in [-0.39, 0.29) is 18.0 Å². The van der Waals surface area contributed by atoms with Gasteiger partial charge < -0.3 is 5.11 Å². The number of aliphatic hydroxyl groups is 1. The third-order valence-electron chi connectivity index (χ3n) is 2.99. The van der Waals surface area contributed by atoms with Gasteiger partial charge in [-0.3, -0.25) is 4.90 Å². The average Bonchev–Trinajstić information content (AvgIpc) is 2.28. The molecule has 0 heterocycles. The molecule has 0 bridgehead atoms. The van der Waals surface area contributed by atoms with Gasteiger partial charge in [-0.2, -0.15) is 0 Å². The first-order chi connectivity index (χ1) is 7.56. The van der Waals surface area contributed by atoms with Gasteiger partial charge in [-0.25, -0.2) is 4.39 Å². The minimum atomic E-state index is -0.348. The first-order valence-electron chi connectivity index (χ1n) is 5.69. The van der Waals surface area contributed by atoms with Crippen molar-refractivity contribution in [1.29, 1.82) is 0 Å². The molecule has 0 amide bonds. The number of benzene rings is 1. The van der Waals surface area contributed by atoms with E-state index < -0.39 is 0 Å². The molecule has 0 aliphatic carbocycles. The van der Waals surface area contributed by atoms with Crippen molar-refractivity contribution in [3.8, 4) is 0 Å². The highest BCUT2D eigenvalue weighted by atomic mass is 19.1. The van der Waals surface area contributed by atoms with Crippen LogP contribution in [0.15, 0.2) is 24.3 Å². The second-order valence-corrected chi connectivity index (χ2v) is 4.20. The van der Waals surface area contributed by atoms with Crippen molar-refractivity contribution >= 4 is 0 Å². The molecule has 2 atom stereocenters. The Morgan fingerprint density at radius 2 is 2.00 bits per heavy atom. The van der Waals surface area contributed by atoms with Crippen molar-refractivity contribution in [2.45, 2.75) is 32.4 Å². The molecule has 90 valence electrons. The van der Waals surface area contributed by atoms with Gasteiger partial charge in [0, 0.05) is 18.2 Å². The lowest BCUT2D eigenvalue weighted by Crippen LogP contribution is -2.31. The van der Waals surface area contributed by atoms with E-state index in [2.05, 4.69) is 0 Å². The van der Waals surface area contributed by atoms with Gasteiger partial charge in [0.25, 0.3) is 0 Å². The van der Waals surface area contributed by atoms with Crippen LogP contribution in [0.5, 0.6) is 0 Å². The maximum Gasteiger partial charge on any atom is 0.127 e. The zero-order valence-electron chi connectivity index (χ0n) is 10.2. The number of likely N-dealkylation sites (N-methyl/N-ethyl adjacent to an activating group) is 1. The highest BCUT2D eigenvalue weighted by Gasteiger charge is 2.16. The molecular weight excluding hydrogens is 205 g/mol. The molecule has 2 unspecified atom stereocenters. The smallest absolute Gasteiger partial charge is 0.127 e. The molecule has 16 heavy (non-hydrogen) atoms. The van der Waals surface area contributed by atoms with E-state index in [1.807, 2.05) is 31.9 Å². The topological polar surface area (TPSA) is 23.5 Å². The molecule has 0 saturated heterocycles. The van der Waals surface area contributed by atoms with Crippen molar-refractivity contribution < 1.29 is 9.50 Å². The number of hydrogen-bond donors (Lipinski definition) is 1. The lowest BCUT2D eigenvalue weighted by atomic mass is 10.1. The van der Waals surface area contributed by atoms with Crippen LogP contribution < -0.4 is 0 Å². The van der Waals surface area contributed by atoms with Crippen LogP contribution in [0.1, 0.15) is 31.9 Å². The van der Waals surface area contributed by atoms with Gasteiger partial charge in [-0.05, 0) is 26.5 Å². The third kappa shape index (κ3) is 3.29. The Bertz CT molecular complexity index is 329. The average molecular weight is 225 g/mol. The molecule has 1 rings (SSSR count). The molecule has 1 aromatic carbocycles. The Kier molecular flexibility index (Phi) is 4.90. The van der Waals surface area contributed by atoms with E-state index in [1.54, 1.807) is 12.1 Å². The Hall–Kier alpha value is -0.930. The van der Waals surface area contributed by atoms with E-state index in [0.717, 1.165) is 0 Å². The van der Waals surface area contributed by atoms with Crippen molar-refractivity contribution in [1.82, 2.24) is 4.90 Å². The molecule has 0 fully saturated rings. The van der Waals surface area contributed by atoms with Crippen LogP contribution >= 0.6 is 0 Å². The first kappa shape index (κ1) is 13.1. The largest absolute Gasteiger partial charge is 0.392 e. The second kappa shape index (κ2) is 5.97. The summed E-state index contributed by atoms with van der Waals surface area (Å²) in [5.74, 6) is -0.187. The summed E-state index contributed by atoms with van der Waals surface area (Å²) in [4.78, 5) is 1.96. The Morgan fingerprint density at radius 1 is 1.38 bits per heavy atom. The number of rotatable bonds is 5. The molecule has 0 spiro atoms. The van der Waals surface area contributed by atoms with Crippen LogP contribution in [0.2, 0.25) is 0 Å². The van der Waals surface area contributed by atoms with Crippen molar-refractivity contribution in [3.05, 3.63) is 35.6 Å². The normalized spacial score (nSPS) is 15.1. The molecular formula is C13H20FNO. The maximum absolute atomic E-state index is 13.5. The van der Waals surface area contributed by atoms with Crippen molar-refractivity contribution in [2.75, 3.05) is 13.6 Å². The van der Waals surface area contributed by atoms with Crippen LogP contribution in [-0.4, -0.2) is 29.7 Å². The molecule has 0 aromatic heterocycles. The quantitative estimate of drug-likeness (QED) is 0.832. The molecule has 0 aliphatic rings. The highest BCUT2D eigenvalue weighted by molar-refractivity contribution is 5.20. The van der Waals surface area contributed by atoms with Gasteiger partial charge in [-0.15, -0.1) is 0 Å². The molecule has 0 saturated carbocycles. The lowest BCUT2D eigenvalue weighted by Gasteiger charge is -2.27. The summed E-state index contributed by atoms with van der Waals surface area (Å²) < 4.78 is 13.5. The fourth-order valence-corrected chi connectivity index (χ4v) is 1.67.